The van der Waals surface area contributed by atoms with Gasteiger partial charge in [-0.15, -0.1) is 0 Å². The fourth-order valence-electron chi connectivity index (χ4n) is 1.78. The Morgan fingerprint density at radius 3 is 2.81 bits per heavy atom. The molecule has 0 aliphatic carbocycles. The van der Waals surface area contributed by atoms with Crippen LogP contribution >= 0.6 is 0 Å². The van der Waals surface area contributed by atoms with E-state index in [4.69, 9.17) is 9.15 Å². The van der Waals surface area contributed by atoms with Crippen LogP contribution in [0.4, 0.5) is 8.78 Å². The van der Waals surface area contributed by atoms with Crippen LogP contribution in [-0.2, 0) is 13.1 Å². The number of hydrogen-bond acceptors (Lipinski definition) is 5. The monoisotopic (exact) mass is 298 g/mol. The topological polar surface area (TPSA) is 56.5 Å². The molecule has 5 nitrogen and oxygen atoms in total. The number of nitrogens with one attached hydrogen (secondary N) is 1. The summed E-state index contributed by atoms with van der Waals surface area (Å²) in [5.41, 5.74) is 1.68. The molecule has 0 aliphatic heterocycles. The number of halogens is 2. The molecule has 21 heavy (non-hydrogen) atoms. The number of rotatable bonds is 8. The minimum atomic E-state index is -2.87. The van der Waals surface area contributed by atoms with Gasteiger partial charge in [-0.25, -0.2) is 4.98 Å². The highest BCUT2D eigenvalue weighted by atomic mass is 19.3. The molecule has 0 spiro atoms. The van der Waals surface area contributed by atoms with Crippen LogP contribution in [0.5, 0.6) is 11.5 Å². The van der Waals surface area contributed by atoms with Crippen molar-refractivity contribution >= 4 is 0 Å². The molecule has 7 heteroatoms. The predicted octanol–water partition coefficient (Wildman–Crippen LogP) is 2.96. The molecule has 1 heterocycles. The molecule has 2 rings (SSSR count). The predicted molar refractivity (Wildman–Crippen MR) is 71.3 cm³/mol. The molecule has 0 unspecified atom stereocenters. The van der Waals surface area contributed by atoms with Crippen molar-refractivity contribution in [3.63, 3.8) is 0 Å². The number of alkyl halides is 2. The fraction of sp³-hybridized carbons (Fsp3) is 0.357. The third-order valence-corrected chi connectivity index (χ3v) is 2.64. The van der Waals surface area contributed by atoms with Gasteiger partial charge >= 0.3 is 6.61 Å². The van der Waals surface area contributed by atoms with E-state index in [0.717, 1.165) is 11.3 Å². The Morgan fingerprint density at radius 2 is 2.14 bits per heavy atom. The summed E-state index contributed by atoms with van der Waals surface area (Å²) in [6, 6.07) is 4.86. The highest BCUT2D eigenvalue weighted by Gasteiger charge is 2.11. The van der Waals surface area contributed by atoms with Crippen molar-refractivity contribution in [2.45, 2.75) is 26.6 Å². The largest absolute Gasteiger partial charge is 0.490 e. The summed E-state index contributed by atoms with van der Waals surface area (Å²) in [4.78, 5) is 3.98. The number of aromatic nitrogens is 1. The maximum atomic E-state index is 12.3. The molecule has 0 saturated heterocycles. The first-order chi connectivity index (χ1) is 10.2. The maximum absolute atomic E-state index is 12.3. The van der Waals surface area contributed by atoms with Gasteiger partial charge in [0.2, 0.25) is 0 Å². The van der Waals surface area contributed by atoms with Crippen LogP contribution in [-0.4, -0.2) is 18.2 Å². The van der Waals surface area contributed by atoms with Gasteiger partial charge in [0.05, 0.1) is 12.3 Å². The van der Waals surface area contributed by atoms with Gasteiger partial charge in [0.15, 0.2) is 17.9 Å². The van der Waals surface area contributed by atoms with Crippen LogP contribution in [0.3, 0.4) is 0 Å². The van der Waals surface area contributed by atoms with Crippen molar-refractivity contribution < 1.29 is 22.7 Å². The zero-order valence-electron chi connectivity index (χ0n) is 11.5. The minimum absolute atomic E-state index is 0.0344. The molecule has 114 valence electrons. The standard InChI is InChI=1S/C14H16F2N2O3/c1-2-20-13-5-10(3-4-12(13)21-14(15)16)6-17-7-11-8-19-9-18-11/h3-5,8-9,14,17H,2,6-7H2,1H3. The minimum Gasteiger partial charge on any atom is -0.490 e. The molecular weight excluding hydrogens is 282 g/mol. The zero-order valence-corrected chi connectivity index (χ0v) is 11.5. The molecule has 0 fully saturated rings. The smallest absolute Gasteiger partial charge is 0.387 e. The van der Waals surface area contributed by atoms with Crippen molar-refractivity contribution in [1.82, 2.24) is 10.3 Å². The highest BCUT2D eigenvalue weighted by Crippen LogP contribution is 2.29. The quantitative estimate of drug-likeness (QED) is 0.812. The molecule has 1 aromatic heterocycles. The van der Waals surface area contributed by atoms with Crippen molar-refractivity contribution in [1.29, 1.82) is 0 Å². The summed E-state index contributed by atoms with van der Waals surface area (Å²) in [5, 5.41) is 3.17. The second kappa shape index (κ2) is 7.58. The van der Waals surface area contributed by atoms with Gasteiger partial charge in [-0.05, 0) is 24.6 Å². The molecular formula is C14H16F2N2O3. The Morgan fingerprint density at radius 1 is 1.29 bits per heavy atom. The summed E-state index contributed by atoms with van der Waals surface area (Å²) < 4.78 is 39.2. The summed E-state index contributed by atoms with van der Waals surface area (Å²) in [6.45, 7) is 0.370. The van der Waals surface area contributed by atoms with E-state index in [0.29, 0.717) is 25.4 Å². The first-order valence-electron chi connectivity index (χ1n) is 6.47. The van der Waals surface area contributed by atoms with E-state index < -0.39 is 6.61 Å². The SMILES string of the molecule is CCOc1cc(CNCc2cocn2)ccc1OC(F)F. The lowest BCUT2D eigenvalue weighted by Gasteiger charge is -2.13. The van der Waals surface area contributed by atoms with E-state index in [1.807, 2.05) is 0 Å². The number of ether oxygens (including phenoxy) is 2. The van der Waals surface area contributed by atoms with Crippen molar-refractivity contribution in [2.75, 3.05) is 6.61 Å². The highest BCUT2D eigenvalue weighted by molar-refractivity contribution is 5.43. The molecule has 0 aliphatic rings. The molecule has 0 radical (unpaired) electrons. The van der Waals surface area contributed by atoms with E-state index in [1.165, 1.54) is 12.5 Å². The van der Waals surface area contributed by atoms with Gasteiger partial charge < -0.3 is 19.2 Å². The lowest BCUT2D eigenvalue weighted by atomic mass is 10.2. The van der Waals surface area contributed by atoms with Gasteiger partial charge in [0, 0.05) is 13.1 Å². The summed E-state index contributed by atoms with van der Waals surface area (Å²) in [7, 11) is 0. The van der Waals surface area contributed by atoms with Crippen molar-refractivity contribution in [3.05, 3.63) is 42.1 Å². The first-order valence-corrected chi connectivity index (χ1v) is 6.47. The average molecular weight is 298 g/mol. The lowest BCUT2D eigenvalue weighted by Crippen LogP contribution is -2.13. The maximum Gasteiger partial charge on any atom is 0.387 e. The van der Waals surface area contributed by atoms with Crippen LogP contribution in [0.15, 0.2) is 35.3 Å². The Balaban J connectivity index is 1.97. The van der Waals surface area contributed by atoms with Gasteiger partial charge in [0.25, 0.3) is 0 Å². The van der Waals surface area contributed by atoms with Crippen LogP contribution in [0.25, 0.3) is 0 Å². The summed E-state index contributed by atoms with van der Waals surface area (Å²) in [5.74, 6) is 0.339. The number of oxazole rings is 1. The van der Waals surface area contributed by atoms with Crippen LogP contribution < -0.4 is 14.8 Å². The number of benzene rings is 1. The van der Waals surface area contributed by atoms with E-state index in [-0.39, 0.29) is 5.75 Å². The van der Waals surface area contributed by atoms with Crippen LogP contribution in [0.1, 0.15) is 18.2 Å². The third kappa shape index (κ3) is 4.71. The molecule has 1 aromatic carbocycles. The van der Waals surface area contributed by atoms with Gasteiger partial charge in [0.1, 0.15) is 6.26 Å². The number of nitrogens with zero attached hydrogens (tertiary/aromatic N) is 1. The Kier molecular flexibility index (Phi) is 5.51. The molecule has 0 bridgehead atoms. The van der Waals surface area contributed by atoms with Crippen LogP contribution in [0, 0.1) is 0 Å². The fourth-order valence-corrected chi connectivity index (χ4v) is 1.78. The summed E-state index contributed by atoms with van der Waals surface area (Å²) in [6.07, 6.45) is 2.92. The van der Waals surface area contributed by atoms with E-state index in [9.17, 15) is 8.78 Å². The van der Waals surface area contributed by atoms with Gasteiger partial charge in [-0.2, -0.15) is 8.78 Å². The lowest BCUT2D eigenvalue weighted by molar-refractivity contribution is -0.0514. The Labute approximate surface area is 120 Å². The Bertz CT molecular complexity index is 547. The molecule has 0 saturated carbocycles. The zero-order chi connectivity index (χ0) is 15.1. The Hall–Kier alpha value is -2.15. The van der Waals surface area contributed by atoms with Crippen molar-refractivity contribution in [3.8, 4) is 11.5 Å². The van der Waals surface area contributed by atoms with E-state index in [1.54, 1.807) is 25.3 Å². The molecule has 0 atom stereocenters. The van der Waals surface area contributed by atoms with E-state index >= 15 is 0 Å². The van der Waals surface area contributed by atoms with Gasteiger partial charge in [-0.3, -0.25) is 0 Å². The second-order valence-corrected chi connectivity index (χ2v) is 4.18. The van der Waals surface area contributed by atoms with Crippen LogP contribution in [0.2, 0.25) is 0 Å². The van der Waals surface area contributed by atoms with Crippen molar-refractivity contribution in [2.24, 2.45) is 0 Å². The molecule has 0 amide bonds. The van der Waals surface area contributed by atoms with E-state index in [2.05, 4.69) is 15.0 Å². The third-order valence-electron chi connectivity index (χ3n) is 2.64. The summed E-state index contributed by atoms with van der Waals surface area (Å²) >= 11 is 0. The molecule has 2 aromatic rings. The average Bonchev–Trinajstić information content (AvgIpc) is 2.94. The second-order valence-electron chi connectivity index (χ2n) is 4.18. The molecule has 1 N–H and O–H groups in total. The van der Waals surface area contributed by atoms with Gasteiger partial charge in [-0.1, -0.05) is 6.07 Å². The first kappa shape index (κ1) is 15.2. The normalized spacial score (nSPS) is 10.9. The number of hydrogen-bond donors (Lipinski definition) is 1.